The normalized spacial score (nSPS) is 26.5. The van der Waals surface area contributed by atoms with E-state index in [0.29, 0.717) is 11.5 Å². The molecule has 1 N–H and O–H groups in total. The molecule has 1 aromatic rings. The second-order valence-corrected chi connectivity index (χ2v) is 6.93. The highest BCUT2D eigenvalue weighted by Gasteiger charge is 2.45. The molecular weight excluding hydrogens is 232 g/mol. The van der Waals surface area contributed by atoms with E-state index in [0.717, 1.165) is 19.4 Å². The van der Waals surface area contributed by atoms with Crippen molar-refractivity contribution in [3.8, 4) is 6.07 Å². The maximum atomic E-state index is 9.48. The zero-order valence-electron chi connectivity index (χ0n) is 12.2. The Kier molecular flexibility index (Phi) is 3.96. The Morgan fingerprint density at radius 3 is 2.42 bits per heavy atom. The summed E-state index contributed by atoms with van der Waals surface area (Å²) >= 11 is 0. The summed E-state index contributed by atoms with van der Waals surface area (Å²) in [4.78, 5) is 0. The van der Waals surface area contributed by atoms with Gasteiger partial charge in [0.25, 0.3) is 0 Å². The predicted octanol–water partition coefficient (Wildman–Crippen LogP) is 3.64. The van der Waals surface area contributed by atoms with Crippen molar-refractivity contribution in [1.82, 2.24) is 5.32 Å². The lowest BCUT2D eigenvalue weighted by Gasteiger charge is -2.43. The molecule has 0 saturated heterocycles. The molecule has 0 spiro atoms. The Balaban J connectivity index is 1.86. The molecule has 19 heavy (non-hydrogen) atoms. The minimum absolute atomic E-state index is 0.249. The first kappa shape index (κ1) is 14.1. The van der Waals surface area contributed by atoms with Gasteiger partial charge in [-0.15, -0.1) is 0 Å². The van der Waals surface area contributed by atoms with Crippen molar-refractivity contribution >= 4 is 0 Å². The molecule has 0 radical (unpaired) electrons. The highest BCUT2D eigenvalue weighted by Crippen LogP contribution is 2.43. The highest BCUT2D eigenvalue weighted by atomic mass is 14.9. The van der Waals surface area contributed by atoms with Gasteiger partial charge < -0.3 is 5.32 Å². The zero-order valence-corrected chi connectivity index (χ0v) is 12.2. The van der Waals surface area contributed by atoms with Crippen LogP contribution in [0.3, 0.4) is 0 Å². The Labute approximate surface area is 116 Å². The number of nitrogens with zero attached hydrogens (tertiary/aromatic N) is 1. The SMILES string of the molecule is CC(C)(C)CCNC1CC(C#N)(c2ccccc2)C1. The third kappa shape index (κ3) is 3.36. The van der Waals surface area contributed by atoms with E-state index in [1.54, 1.807) is 0 Å². The van der Waals surface area contributed by atoms with Crippen molar-refractivity contribution in [2.24, 2.45) is 5.41 Å². The number of nitriles is 1. The van der Waals surface area contributed by atoms with E-state index in [-0.39, 0.29) is 5.41 Å². The van der Waals surface area contributed by atoms with Crippen molar-refractivity contribution < 1.29 is 0 Å². The Bertz CT molecular complexity index is 444. The Morgan fingerprint density at radius 2 is 1.89 bits per heavy atom. The smallest absolute Gasteiger partial charge is 0.0852 e. The molecule has 0 aliphatic heterocycles. The van der Waals surface area contributed by atoms with Crippen molar-refractivity contribution in [3.05, 3.63) is 35.9 Å². The zero-order chi connectivity index (χ0) is 13.9. The maximum absolute atomic E-state index is 9.48. The minimum atomic E-state index is -0.249. The second-order valence-electron chi connectivity index (χ2n) is 6.93. The summed E-state index contributed by atoms with van der Waals surface area (Å²) in [5, 5.41) is 13.1. The molecule has 102 valence electrons. The van der Waals surface area contributed by atoms with E-state index in [1.807, 2.05) is 18.2 Å². The van der Waals surface area contributed by atoms with Gasteiger partial charge in [-0.1, -0.05) is 51.1 Å². The highest BCUT2D eigenvalue weighted by molar-refractivity contribution is 5.36. The van der Waals surface area contributed by atoms with Crippen LogP contribution in [0, 0.1) is 16.7 Å². The lowest BCUT2D eigenvalue weighted by Crippen LogP contribution is -2.51. The van der Waals surface area contributed by atoms with Gasteiger partial charge in [0.15, 0.2) is 0 Å². The van der Waals surface area contributed by atoms with E-state index >= 15 is 0 Å². The van der Waals surface area contributed by atoms with Gasteiger partial charge in [0.2, 0.25) is 0 Å². The summed E-state index contributed by atoms with van der Waals surface area (Å²) in [5.41, 5.74) is 1.30. The van der Waals surface area contributed by atoms with E-state index in [4.69, 9.17) is 0 Å². The molecule has 2 rings (SSSR count). The maximum Gasteiger partial charge on any atom is 0.0852 e. The third-order valence-corrected chi connectivity index (χ3v) is 4.04. The van der Waals surface area contributed by atoms with Gasteiger partial charge in [0.05, 0.1) is 11.5 Å². The van der Waals surface area contributed by atoms with Crippen LogP contribution in [0.5, 0.6) is 0 Å². The lowest BCUT2D eigenvalue weighted by molar-refractivity contribution is 0.218. The van der Waals surface area contributed by atoms with Gasteiger partial charge in [0, 0.05) is 6.04 Å². The fraction of sp³-hybridized carbons (Fsp3) is 0.588. The first-order chi connectivity index (χ1) is 8.95. The van der Waals surface area contributed by atoms with Gasteiger partial charge in [-0.2, -0.15) is 5.26 Å². The van der Waals surface area contributed by atoms with Gasteiger partial charge in [0.1, 0.15) is 0 Å². The van der Waals surface area contributed by atoms with E-state index < -0.39 is 0 Å². The van der Waals surface area contributed by atoms with Crippen molar-refractivity contribution in [2.45, 2.75) is 51.5 Å². The summed E-state index contributed by atoms with van der Waals surface area (Å²) in [6.45, 7) is 7.83. The fourth-order valence-electron chi connectivity index (χ4n) is 2.73. The van der Waals surface area contributed by atoms with Crippen LogP contribution < -0.4 is 5.32 Å². The van der Waals surface area contributed by atoms with Gasteiger partial charge >= 0.3 is 0 Å². The molecule has 0 amide bonds. The first-order valence-electron chi connectivity index (χ1n) is 7.15. The lowest BCUT2D eigenvalue weighted by atomic mass is 9.62. The first-order valence-corrected chi connectivity index (χ1v) is 7.15. The summed E-state index contributed by atoms with van der Waals surface area (Å²) in [6.07, 6.45) is 3.06. The van der Waals surface area contributed by atoms with Crippen LogP contribution in [0.15, 0.2) is 30.3 Å². The van der Waals surface area contributed by atoms with Crippen LogP contribution in [0.1, 0.15) is 45.6 Å². The molecule has 1 fully saturated rings. The van der Waals surface area contributed by atoms with Crippen LogP contribution in [0.25, 0.3) is 0 Å². The average molecular weight is 256 g/mol. The number of nitrogens with one attached hydrogen (secondary N) is 1. The number of hydrogen-bond donors (Lipinski definition) is 1. The molecular formula is C17H24N2. The summed E-state index contributed by atoms with van der Waals surface area (Å²) < 4.78 is 0. The van der Waals surface area contributed by atoms with Crippen molar-refractivity contribution in [2.75, 3.05) is 6.54 Å². The number of rotatable bonds is 4. The van der Waals surface area contributed by atoms with Gasteiger partial charge in [-0.25, -0.2) is 0 Å². The quantitative estimate of drug-likeness (QED) is 0.892. The molecule has 1 aliphatic carbocycles. The predicted molar refractivity (Wildman–Crippen MR) is 78.8 cm³/mol. The number of benzene rings is 1. The Hall–Kier alpha value is -1.33. The van der Waals surface area contributed by atoms with Crippen LogP contribution in [-0.4, -0.2) is 12.6 Å². The standard InChI is InChI=1S/C17H24N2/c1-16(2,3)9-10-19-15-11-17(12-15,13-18)14-7-5-4-6-8-14/h4-8,15,19H,9-12H2,1-3H3. The molecule has 1 aromatic carbocycles. The fourth-order valence-corrected chi connectivity index (χ4v) is 2.73. The minimum Gasteiger partial charge on any atom is -0.314 e. The molecule has 0 aromatic heterocycles. The topological polar surface area (TPSA) is 35.8 Å². The third-order valence-electron chi connectivity index (χ3n) is 4.04. The van der Waals surface area contributed by atoms with Crippen LogP contribution in [0.2, 0.25) is 0 Å². The second kappa shape index (κ2) is 5.35. The average Bonchev–Trinajstić information content (AvgIpc) is 2.32. The Morgan fingerprint density at radius 1 is 1.26 bits per heavy atom. The van der Waals surface area contributed by atoms with Gasteiger partial charge in [-0.3, -0.25) is 0 Å². The number of hydrogen-bond acceptors (Lipinski definition) is 2. The van der Waals surface area contributed by atoms with Crippen molar-refractivity contribution in [1.29, 1.82) is 5.26 Å². The van der Waals surface area contributed by atoms with Gasteiger partial charge in [-0.05, 0) is 36.8 Å². The van der Waals surface area contributed by atoms with E-state index in [1.165, 1.54) is 12.0 Å². The van der Waals surface area contributed by atoms with Crippen LogP contribution >= 0.6 is 0 Å². The molecule has 2 nitrogen and oxygen atoms in total. The molecule has 0 heterocycles. The molecule has 1 aliphatic rings. The monoisotopic (exact) mass is 256 g/mol. The summed E-state index contributed by atoms with van der Waals surface area (Å²) in [6, 6.07) is 13.2. The summed E-state index contributed by atoms with van der Waals surface area (Å²) in [7, 11) is 0. The molecule has 2 heteroatoms. The molecule has 0 atom stereocenters. The van der Waals surface area contributed by atoms with Crippen LogP contribution in [0.4, 0.5) is 0 Å². The van der Waals surface area contributed by atoms with E-state index in [9.17, 15) is 5.26 Å². The van der Waals surface area contributed by atoms with E-state index in [2.05, 4.69) is 44.3 Å². The molecule has 0 unspecified atom stereocenters. The van der Waals surface area contributed by atoms with Crippen molar-refractivity contribution in [3.63, 3.8) is 0 Å². The molecule has 1 saturated carbocycles. The largest absolute Gasteiger partial charge is 0.314 e. The summed E-state index contributed by atoms with van der Waals surface area (Å²) in [5.74, 6) is 0. The van der Waals surface area contributed by atoms with Crippen LogP contribution in [-0.2, 0) is 5.41 Å². The molecule has 0 bridgehead atoms.